The Labute approximate surface area is 147 Å². The van der Waals surface area contributed by atoms with Gasteiger partial charge in [0.1, 0.15) is 0 Å². The minimum Gasteiger partial charge on any atom is -0.395 e. The number of rotatable bonds is 3. The van der Waals surface area contributed by atoms with E-state index >= 15 is 0 Å². The van der Waals surface area contributed by atoms with Gasteiger partial charge in [0.2, 0.25) is 0 Å². The molecule has 0 heterocycles. The molecule has 0 aliphatic heterocycles. The second kappa shape index (κ2) is 6.25. The Kier molecular flexibility index (Phi) is 4.50. The average molecular weight is 336 g/mol. The van der Waals surface area contributed by atoms with Crippen LogP contribution in [0.15, 0.2) is 0 Å². The number of aliphatic hydroxyl groups is 2. The maximum atomic E-state index is 10.1. The molecule has 0 bridgehead atoms. The summed E-state index contributed by atoms with van der Waals surface area (Å²) < 4.78 is 0. The zero-order valence-electron chi connectivity index (χ0n) is 15.6. The van der Waals surface area contributed by atoms with E-state index in [0.717, 1.165) is 43.1 Å². The van der Waals surface area contributed by atoms with Crippen molar-refractivity contribution in [3.63, 3.8) is 0 Å². The van der Waals surface area contributed by atoms with Crippen molar-refractivity contribution in [2.75, 3.05) is 13.2 Å². The van der Waals surface area contributed by atoms with Crippen molar-refractivity contribution in [3.8, 4) is 0 Å². The average Bonchev–Trinajstić information content (AvgIpc) is 2.90. The van der Waals surface area contributed by atoms with E-state index in [1.54, 1.807) is 0 Å². The van der Waals surface area contributed by atoms with Gasteiger partial charge < -0.3 is 15.5 Å². The molecule has 138 valence electrons. The third-order valence-electron chi connectivity index (χ3n) is 9.14. The Morgan fingerprint density at radius 1 is 0.917 bits per heavy atom. The van der Waals surface area contributed by atoms with Crippen LogP contribution in [-0.2, 0) is 0 Å². The molecule has 3 N–H and O–H groups in total. The maximum Gasteiger partial charge on any atom is 0.0556 e. The molecule has 0 radical (unpaired) electrons. The maximum absolute atomic E-state index is 10.1. The van der Waals surface area contributed by atoms with E-state index in [-0.39, 0.29) is 12.7 Å². The van der Waals surface area contributed by atoms with Crippen molar-refractivity contribution >= 4 is 0 Å². The number of nitrogens with one attached hydrogen (secondary N) is 1. The quantitative estimate of drug-likeness (QED) is 0.741. The minimum atomic E-state index is -0.0352. The topological polar surface area (TPSA) is 52.5 Å². The number of fused-ring (bicyclic) bond motifs is 5. The zero-order chi connectivity index (χ0) is 16.9. The number of hydrogen-bond acceptors (Lipinski definition) is 3. The predicted molar refractivity (Wildman–Crippen MR) is 96.6 cm³/mol. The van der Waals surface area contributed by atoms with Gasteiger partial charge >= 0.3 is 0 Å². The number of aliphatic hydroxyl groups excluding tert-OH is 2. The second-order valence-corrected chi connectivity index (χ2v) is 9.94. The molecule has 8 atom stereocenters. The van der Waals surface area contributed by atoms with Gasteiger partial charge in [0, 0.05) is 12.6 Å². The highest BCUT2D eigenvalue weighted by atomic mass is 16.3. The predicted octanol–water partition coefficient (Wildman–Crippen LogP) is 3.34. The molecule has 24 heavy (non-hydrogen) atoms. The second-order valence-electron chi connectivity index (χ2n) is 9.94. The SMILES string of the molecule is C[C@]12CC[C@H](O)C[C@@H]1CC[C@@H]1[C@H]3CC[C@H](NCCO)[C@@]3(C)CC[C@@H]12. The summed E-state index contributed by atoms with van der Waals surface area (Å²) in [5.74, 6) is 3.42. The van der Waals surface area contributed by atoms with Crippen LogP contribution in [0.25, 0.3) is 0 Å². The van der Waals surface area contributed by atoms with E-state index < -0.39 is 0 Å². The lowest BCUT2D eigenvalue weighted by Crippen LogP contribution is -2.55. The Morgan fingerprint density at radius 3 is 2.46 bits per heavy atom. The highest BCUT2D eigenvalue weighted by molar-refractivity contribution is 5.10. The van der Waals surface area contributed by atoms with Crippen molar-refractivity contribution in [2.45, 2.75) is 83.8 Å². The summed E-state index contributed by atoms with van der Waals surface area (Å²) in [5, 5.41) is 23.0. The van der Waals surface area contributed by atoms with Crippen LogP contribution in [0.1, 0.15) is 71.6 Å². The lowest BCUT2D eigenvalue weighted by molar-refractivity contribution is -0.123. The van der Waals surface area contributed by atoms with E-state index in [1.807, 2.05) is 0 Å². The van der Waals surface area contributed by atoms with Crippen LogP contribution in [0.5, 0.6) is 0 Å². The smallest absolute Gasteiger partial charge is 0.0556 e. The van der Waals surface area contributed by atoms with Gasteiger partial charge in [-0.3, -0.25) is 0 Å². The molecule has 3 nitrogen and oxygen atoms in total. The van der Waals surface area contributed by atoms with Crippen LogP contribution >= 0.6 is 0 Å². The van der Waals surface area contributed by atoms with Crippen LogP contribution in [0.3, 0.4) is 0 Å². The fourth-order valence-corrected chi connectivity index (χ4v) is 7.81. The van der Waals surface area contributed by atoms with Crippen LogP contribution in [-0.4, -0.2) is 35.5 Å². The lowest BCUT2D eigenvalue weighted by Gasteiger charge is -2.61. The van der Waals surface area contributed by atoms with Crippen molar-refractivity contribution < 1.29 is 10.2 Å². The minimum absolute atomic E-state index is 0.0352. The third kappa shape index (κ3) is 2.49. The summed E-state index contributed by atoms with van der Waals surface area (Å²) >= 11 is 0. The van der Waals surface area contributed by atoms with Gasteiger partial charge in [0.25, 0.3) is 0 Å². The Hall–Kier alpha value is -0.120. The van der Waals surface area contributed by atoms with Crippen molar-refractivity contribution in [3.05, 3.63) is 0 Å². The van der Waals surface area contributed by atoms with Crippen molar-refractivity contribution in [2.24, 2.45) is 34.5 Å². The van der Waals surface area contributed by atoms with Crippen LogP contribution < -0.4 is 5.32 Å². The first-order valence-corrected chi connectivity index (χ1v) is 10.5. The normalized spacial score (nSPS) is 54.0. The first kappa shape index (κ1) is 17.3. The molecule has 0 saturated heterocycles. The molecule has 4 aliphatic carbocycles. The molecule has 3 heteroatoms. The van der Waals surface area contributed by atoms with Gasteiger partial charge in [-0.15, -0.1) is 0 Å². The summed E-state index contributed by atoms with van der Waals surface area (Å²) in [5.41, 5.74) is 0.924. The highest BCUT2D eigenvalue weighted by Gasteiger charge is 2.59. The van der Waals surface area contributed by atoms with Gasteiger partial charge in [0.15, 0.2) is 0 Å². The largest absolute Gasteiger partial charge is 0.395 e. The van der Waals surface area contributed by atoms with E-state index in [1.165, 1.54) is 44.9 Å². The van der Waals surface area contributed by atoms with Crippen molar-refractivity contribution in [1.82, 2.24) is 5.32 Å². The summed E-state index contributed by atoms with van der Waals surface area (Å²) in [7, 11) is 0. The van der Waals surface area contributed by atoms with Crippen LogP contribution in [0.2, 0.25) is 0 Å². The highest BCUT2D eigenvalue weighted by Crippen LogP contribution is 2.66. The van der Waals surface area contributed by atoms with Gasteiger partial charge in [-0.05, 0) is 92.3 Å². The summed E-state index contributed by atoms with van der Waals surface area (Å²) in [6.07, 6.45) is 11.4. The Morgan fingerprint density at radius 2 is 1.67 bits per heavy atom. The van der Waals surface area contributed by atoms with Gasteiger partial charge in [-0.1, -0.05) is 13.8 Å². The molecule has 4 aliphatic rings. The molecule has 0 aromatic rings. The molecule has 4 fully saturated rings. The Balaban J connectivity index is 1.54. The van der Waals surface area contributed by atoms with Gasteiger partial charge in [-0.25, -0.2) is 0 Å². The van der Waals surface area contributed by atoms with E-state index in [9.17, 15) is 10.2 Å². The van der Waals surface area contributed by atoms with Gasteiger partial charge in [-0.2, -0.15) is 0 Å². The molecule has 0 unspecified atom stereocenters. The standard InChI is InChI=1S/C21H37NO2/c1-20-9-7-15(24)13-14(20)3-4-16-17-5-6-19(22-11-12-23)21(17,2)10-8-18(16)20/h14-19,22-24H,3-13H2,1-2H3/t14-,15-,16+,17+,18-,19-,20-,21-/m0/s1. The first-order chi connectivity index (χ1) is 11.5. The molecular formula is C21H37NO2. The van der Waals surface area contributed by atoms with E-state index in [4.69, 9.17) is 0 Å². The van der Waals surface area contributed by atoms with E-state index in [2.05, 4.69) is 19.2 Å². The van der Waals surface area contributed by atoms with Crippen molar-refractivity contribution in [1.29, 1.82) is 0 Å². The summed E-state index contributed by atoms with van der Waals surface area (Å²) in [6, 6.07) is 0.606. The monoisotopic (exact) mass is 335 g/mol. The number of hydrogen-bond donors (Lipinski definition) is 3. The lowest BCUT2D eigenvalue weighted by atomic mass is 9.45. The molecule has 0 spiro atoms. The molecule has 4 saturated carbocycles. The molecule has 4 rings (SSSR count). The first-order valence-electron chi connectivity index (χ1n) is 10.5. The van der Waals surface area contributed by atoms with Gasteiger partial charge in [0.05, 0.1) is 12.7 Å². The molecular weight excluding hydrogens is 298 g/mol. The fraction of sp³-hybridized carbons (Fsp3) is 1.00. The summed E-state index contributed by atoms with van der Waals surface area (Å²) in [6.45, 7) is 6.11. The van der Waals surface area contributed by atoms with E-state index in [0.29, 0.717) is 16.9 Å². The summed E-state index contributed by atoms with van der Waals surface area (Å²) in [4.78, 5) is 0. The molecule has 0 amide bonds. The zero-order valence-corrected chi connectivity index (χ0v) is 15.6. The fourth-order valence-electron chi connectivity index (χ4n) is 7.81. The Bertz CT molecular complexity index is 469. The van der Waals surface area contributed by atoms with Crippen LogP contribution in [0.4, 0.5) is 0 Å². The third-order valence-corrected chi connectivity index (χ3v) is 9.14. The van der Waals surface area contributed by atoms with Crippen LogP contribution in [0, 0.1) is 34.5 Å². The molecule has 0 aromatic carbocycles. The molecule has 0 aromatic heterocycles.